The monoisotopic (exact) mass is 514 g/mol. The molecule has 37 heavy (non-hydrogen) atoms. The standard InChI is InChI=1S/C25H21F3N4O5/c1-23(36)10-24(11-23,31-22(34)35)15-7-5-14(6-8-15)19-17(16-4-2-3-9-29-16)18-20(37-19)30-13-32(21(18)33)12-25(26,27)28/h2-9,13,31,36H,10-12H2,1H3,(H,34,35)/t23-,24+. The number of halogens is 3. The molecular weight excluding hydrogens is 493 g/mol. The lowest BCUT2D eigenvalue weighted by atomic mass is 9.62. The van der Waals surface area contributed by atoms with E-state index in [0.717, 1.165) is 6.33 Å². The molecule has 0 saturated heterocycles. The first-order valence-electron chi connectivity index (χ1n) is 11.2. The summed E-state index contributed by atoms with van der Waals surface area (Å²) >= 11 is 0. The van der Waals surface area contributed by atoms with Gasteiger partial charge in [-0.1, -0.05) is 30.3 Å². The summed E-state index contributed by atoms with van der Waals surface area (Å²) < 4.78 is 45.4. The summed E-state index contributed by atoms with van der Waals surface area (Å²) in [5.41, 5.74) is -1.46. The highest BCUT2D eigenvalue weighted by Gasteiger charge is 2.53. The molecule has 0 aliphatic heterocycles. The molecule has 1 aliphatic carbocycles. The number of carboxylic acid groups (broad SMARTS) is 1. The van der Waals surface area contributed by atoms with Gasteiger partial charge in [0.25, 0.3) is 5.56 Å². The van der Waals surface area contributed by atoms with Crippen LogP contribution < -0.4 is 10.9 Å². The van der Waals surface area contributed by atoms with E-state index in [-0.39, 0.29) is 35.3 Å². The minimum atomic E-state index is -4.63. The summed E-state index contributed by atoms with van der Waals surface area (Å²) in [6.45, 7) is 0.114. The Balaban J connectivity index is 1.64. The second-order valence-electron chi connectivity index (χ2n) is 9.43. The van der Waals surface area contributed by atoms with Crippen molar-refractivity contribution >= 4 is 17.2 Å². The highest BCUT2D eigenvalue weighted by Crippen LogP contribution is 2.48. The molecular formula is C25H21F3N4O5. The molecule has 3 N–H and O–H groups in total. The highest BCUT2D eigenvalue weighted by molar-refractivity contribution is 5.98. The summed E-state index contributed by atoms with van der Waals surface area (Å²) in [7, 11) is 0. The van der Waals surface area contributed by atoms with Crippen molar-refractivity contribution in [2.45, 2.75) is 43.6 Å². The Morgan fingerprint density at radius 2 is 1.86 bits per heavy atom. The number of nitrogens with one attached hydrogen (secondary N) is 1. The number of carbonyl (C=O) groups is 1. The maximum Gasteiger partial charge on any atom is 0.406 e. The van der Waals surface area contributed by atoms with E-state index in [0.29, 0.717) is 21.4 Å². The zero-order valence-corrected chi connectivity index (χ0v) is 19.4. The van der Waals surface area contributed by atoms with Gasteiger partial charge in [-0.25, -0.2) is 9.78 Å². The molecule has 1 amide bonds. The third-order valence-corrected chi connectivity index (χ3v) is 6.36. The predicted octanol–water partition coefficient (Wildman–Crippen LogP) is 4.29. The van der Waals surface area contributed by atoms with Gasteiger partial charge in [0, 0.05) is 24.6 Å². The van der Waals surface area contributed by atoms with E-state index < -0.39 is 35.5 Å². The van der Waals surface area contributed by atoms with Crippen LogP contribution in [0, 0.1) is 0 Å². The molecule has 4 aromatic rings. The van der Waals surface area contributed by atoms with Crippen LogP contribution in [0.5, 0.6) is 0 Å². The van der Waals surface area contributed by atoms with Crippen molar-refractivity contribution in [3.05, 3.63) is 70.9 Å². The third-order valence-electron chi connectivity index (χ3n) is 6.36. The zero-order valence-electron chi connectivity index (χ0n) is 19.4. The number of fused-ring (bicyclic) bond motifs is 1. The molecule has 9 nitrogen and oxygen atoms in total. The van der Waals surface area contributed by atoms with E-state index in [9.17, 15) is 33.0 Å². The Labute approximate surface area is 207 Å². The molecule has 1 aliphatic rings. The van der Waals surface area contributed by atoms with E-state index in [2.05, 4.69) is 15.3 Å². The van der Waals surface area contributed by atoms with Gasteiger partial charge >= 0.3 is 12.3 Å². The van der Waals surface area contributed by atoms with E-state index in [1.165, 1.54) is 6.20 Å². The van der Waals surface area contributed by atoms with Crippen LogP contribution in [0.15, 0.2) is 64.2 Å². The van der Waals surface area contributed by atoms with E-state index >= 15 is 0 Å². The van der Waals surface area contributed by atoms with Crippen LogP contribution in [0.3, 0.4) is 0 Å². The Kier molecular flexibility index (Phi) is 5.59. The van der Waals surface area contributed by atoms with Crippen molar-refractivity contribution in [3.8, 4) is 22.6 Å². The van der Waals surface area contributed by atoms with Crippen LogP contribution in [0.4, 0.5) is 18.0 Å². The fourth-order valence-corrected chi connectivity index (χ4v) is 5.05. The summed E-state index contributed by atoms with van der Waals surface area (Å²) in [6.07, 6.45) is -3.22. The van der Waals surface area contributed by atoms with Crippen LogP contribution in [0.25, 0.3) is 33.7 Å². The molecule has 1 fully saturated rings. The minimum absolute atomic E-state index is 0.136. The molecule has 1 saturated carbocycles. The average molecular weight is 514 g/mol. The van der Waals surface area contributed by atoms with E-state index in [4.69, 9.17) is 4.42 Å². The van der Waals surface area contributed by atoms with E-state index in [1.54, 1.807) is 49.4 Å². The van der Waals surface area contributed by atoms with Gasteiger partial charge in [0.1, 0.15) is 24.0 Å². The smallest absolute Gasteiger partial charge is 0.406 e. The Morgan fingerprint density at radius 1 is 1.16 bits per heavy atom. The van der Waals surface area contributed by atoms with E-state index in [1.807, 2.05) is 0 Å². The molecule has 0 unspecified atom stereocenters. The maximum atomic E-state index is 13.1. The molecule has 0 atom stereocenters. The second kappa shape index (κ2) is 8.44. The molecule has 0 radical (unpaired) electrons. The number of benzene rings is 1. The molecule has 5 rings (SSSR count). The largest absolute Gasteiger partial charge is 0.465 e. The minimum Gasteiger partial charge on any atom is -0.465 e. The number of furan rings is 1. The number of alkyl halides is 3. The number of amides is 1. The van der Waals surface area contributed by atoms with Gasteiger partial charge in [0.15, 0.2) is 0 Å². The van der Waals surface area contributed by atoms with Gasteiger partial charge in [-0.15, -0.1) is 0 Å². The number of pyridine rings is 1. The van der Waals surface area contributed by atoms with Gasteiger partial charge in [-0.3, -0.25) is 14.3 Å². The molecule has 192 valence electrons. The Morgan fingerprint density at radius 3 is 2.43 bits per heavy atom. The van der Waals surface area contributed by atoms with Gasteiger partial charge in [0.05, 0.1) is 22.4 Å². The normalized spacial score (nSPS) is 21.5. The summed E-state index contributed by atoms with van der Waals surface area (Å²) in [4.78, 5) is 32.7. The van der Waals surface area contributed by atoms with Crippen LogP contribution >= 0.6 is 0 Å². The summed E-state index contributed by atoms with van der Waals surface area (Å²) in [5, 5.41) is 21.9. The van der Waals surface area contributed by atoms with Crippen LogP contribution in [-0.4, -0.2) is 42.6 Å². The molecule has 3 heterocycles. The Hall–Kier alpha value is -4.19. The zero-order chi connectivity index (χ0) is 26.6. The topological polar surface area (TPSA) is 130 Å². The third kappa shape index (κ3) is 4.55. The van der Waals surface area contributed by atoms with Crippen LogP contribution in [0.1, 0.15) is 25.3 Å². The SMILES string of the molecule is C[C@]1(O)C[C@](NC(=O)O)(c2ccc(-c3oc4ncn(CC(F)(F)F)c(=O)c4c3-c3ccccn3)cc2)C1. The number of aromatic nitrogens is 3. The van der Waals surface area contributed by atoms with Crippen molar-refractivity contribution in [1.29, 1.82) is 0 Å². The van der Waals surface area contributed by atoms with Crippen LogP contribution in [0.2, 0.25) is 0 Å². The average Bonchev–Trinajstić information content (AvgIpc) is 3.19. The molecule has 0 bridgehead atoms. The number of hydrogen-bond acceptors (Lipinski definition) is 6. The number of nitrogens with zero attached hydrogens (tertiary/aromatic N) is 3. The van der Waals surface area contributed by atoms with Gasteiger partial charge < -0.3 is 19.9 Å². The number of aliphatic hydroxyl groups is 1. The fraction of sp³-hybridized carbons (Fsp3) is 0.280. The molecule has 0 spiro atoms. The lowest BCUT2D eigenvalue weighted by molar-refractivity contribution is -0.141. The highest BCUT2D eigenvalue weighted by atomic mass is 19.4. The summed E-state index contributed by atoms with van der Waals surface area (Å²) in [6, 6.07) is 11.6. The van der Waals surface area contributed by atoms with Crippen LogP contribution in [-0.2, 0) is 12.1 Å². The first kappa shape index (κ1) is 24.5. The first-order chi connectivity index (χ1) is 17.4. The number of rotatable bonds is 5. The number of hydrogen-bond donors (Lipinski definition) is 3. The molecule has 12 heteroatoms. The Bertz CT molecular complexity index is 1540. The lowest BCUT2D eigenvalue weighted by Crippen LogP contribution is -2.61. The van der Waals surface area contributed by atoms with Gasteiger partial charge in [-0.05, 0) is 24.6 Å². The van der Waals surface area contributed by atoms with Crippen molar-refractivity contribution in [3.63, 3.8) is 0 Å². The fourth-order valence-electron chi connectivity index (χ4n) is 5.05. The van der Waals surface area contributed by atoms with Gasteiger partial charge in [-0.2, -0.15) is 13.2 Å². The van der Waals surface area contributed by atoms with Crippen molar-refractivity contribution in [2.24, 2.45) is 0 Å². The molecule has 1 aromatic carbocycles. The maximum absolute atomic E-state index is 13.1. The second-order valence-corrected chi connectivity index (χ2v) is 9.43. The van der Waals surface area contributed by atoms with Crippen molar-refractivity contribution < 1.29 is 32.6 Å². The van der Waals surface area contributed by atoms with Crippen molar-refractivity contribution in [2.75, 3.05) is 0 Å². The van der Waals surface area contributed by atoms with Gasteiger partial charge in [0.2, 0.25) is 5.71 Å². The quantitative estimate of drug-likeness (QED) is 0.362. The lowest BCUT2D eigenvalue weighted by Gasteiger charge is -2.51. The molecule has 3 aromatic heterocycles. The predicted molar refractivity (Wildman–Crippen MR) is 126 cm³/mol. The summed E-state index contributed by atoms with van der Waals surface area (Å²) in [5.74, 6) is 0.176. The van der Waals surface area contributed by atoms with Crippen molar-refractivity contribution in [1.82, 2.24) is 19.9 Å². The first-order valence-corrected chi connectivity index (χ1v) is 11.2.